The first-order valence-corrected chi connectivity index (χ1v) is 6.08. The second-order valence-corrected chi connectivity index (χ2v) is 4.45. The summed E-state index contributed by atoms with van der Waals surface area (Å²) in [5.41, 5.74) is 0.769. The minimum Gasteiger partial charge on any atom is -0.464 e. The van der Waals surface area contributed by atoms with E-state index in [1.165, 1.54) is 18.0 Å². The summed E-state index contributed by atoms with van der Waals surface area (Å²) in [6.07, 6.45) is 1.53. The van der Waals surface area contributed by atoms with Crippen LogP contribution in [0.2, 0.25) is 5.02 Å². The van der Waals surface area contributed by atoms with E-state index < -0.39 is 5.97 Å². The van der Waals surface area contributed by atoms with Gasteiger partial charge in [0, 0.05) is 23.8 Å². The van der Waals surface area contributed by atoms with E-state index in [4.69, 9.17) is 11.6 Å². The van der Waals surface area contributed by atoms with E-state index in [9.17, 15) is 9.59 Å². The van der Waals surface area contributed by atoms with Crippen molar-refractivity contribution in [3.63, 3.8) is 0 Å². The molecule has 1 amide bonds. The lowest BCUT2D eigenvalue weighted by Crippen LogP contribution is -2.14. The number of benzene rings is 1. The Hall–Kier alpha value is -2.34. The number of amides is 1. The molecule has 0 aliphatic carbocycles. The van der Waals surface area contributed by atoms with Gasteiger partial charge in [-0.1, -0.05) is 11.6 Å². The number of ether oxygens (including phenoxy) is 1. The summed E-state index contributed by atoms with van der Waals surface area (Å²) in [6, 6.07) is 6.40. The summed E-state index contributed by atoms with van der Waals surface area (Å²) >= 11 is 5.76. The van der Waals surface area contributed by atoms with Crippen LogP contribution < -0.4 is 5.32 Å². The van der Waals surface area contributed by atoms with E-state index in [-0.39, 0.29) is 11.6 Å². The molecule has 1 heterocycles. The van der Waals surface area contributed by atoms with Crippen molar-refractivity contribution in [1.82, 2.24) is 9.78 Å². The second-order valence-electron chi connectivity index (χ2n) is 4.02. The number of carbonyl (C=O) groups is 2. The van der Waals surface area contributed by atoms with E-state index in [0.29, 0.717) is 16.3 Å². The fraction of sp³-hybridized carbons (Fsp3) is 0.154. The van der Waals surface area contributed by atoms with Crippen molar-refractivity contribution in [3.8, 4) is 0 Å². The molecule has 6 nitrogen and oxygen atoms in total. The van der Waals surface area contributed by atoms with Gasteiger partial charge in [0.2, 0.25) is 0 Å². The number of anilines is 1. The van der Waals surface area contributed by atoms with Gasteiger partial charge in [0.1, 0.15) is 0 Å². The second kappa shape index (κ2) is 5.75. The summed E-state index contributed by atoms with van der Waals surface area (Å²) in [7, 11) is 2.90. The van der Waals surface area contributed by atoms with Gasteiger partial charge < -0.3 is 10.1 Å². The van der Waals surface area contributed by atoms with Crippen LogP contribution in [0.3, 0.4) is 0 Å². The van der Waals surface area contributed by atoms with Crippen molar-refractivity contribution >= 4 is 29.2 Å². The molecule has 0 aliphatic heterocycles. The lowest BCUT2D eigenvalue weighted by molar-refractivity contribution is 0.0594. The predicted molar refractivity (Wildman–Crippen MR) is 74.0 cm³/mol. The maximum Gasteiger partial charge on any atom is 0.360 e. The molecule has 0 radical (unpaired) electrons. The zero-order valence-corrected chi connectivity index (χ0v) is 11.6. The van der Waals surface area contributed by atoms with Gasteiger partial charge in [0.25, 0.3) is 5.91 Å². The highest BCUT2D eigenvalue weighted by molar-refractivity contribution is 6.30. The summed E-state index contributed by atoms with van der Waals surface area (Å²) in [4.78, 5) is 23.6. The molecule has 0 atom stereocenters. The molecule has 0 fully saturated rings. The lowest BCUT2D eigenvalue weighted by atomic mass is 10.2. The number of hydrogen-bond donors (Lipinski definition) is 1. The molecule has 0 spiro atoms. The molecular formula is C13H12ClN3O3. The maximum absolute atomic E-state index is 12.1. The topological polar surface area (TPSA) is 73.2 Å². The van der Waals surface area contributed by atoms with E-state index in [2.05, 4.69) is 15.2 Å². The summed E-state index contributed by atoms with van der Waals surface area (Å²) in [5, 5.41) is 7.10. The molecule has 0 saturated carbocycles. The third-order valence-corrected chi connectivity index (χ3v) is 2.81. The largest absolute Gasteiger partial charge is 0.464 e. The Balaban J connectivity index is 2.23. The van der Waals surface area contributed by atoms with Gasteiger partial charge in [-0.25, -0.2) is 4.79 Å². The average molecular weight is 294 g/mol. The number of rotatable bonds is 3. The number of methoxy groups -OCH3 is 1. The van der Waals surface area contributed by atoms with Crippen LogP contribution in [-0.2, 0) is 11.8 Å². The maximum atomic E-state index is 12.1. The van der Waals surface area contributed by atoms with E-state index in [1.54, 1.807) is 31.3 Å². The van der Waals surface area contributed by atoms with Gasteiger partial charge in [-0.15, -0.1) is 0 Å². The first-order valence-electron chi connectivity index (χ1n) is 5.70. The highest BCUT2D eigenvalue weighted by atomic mass is 35.5. The highest BCUT2D eigenvalue weighted by Gasteiger charge is 2.18. The normalized spacial score (nSPS) is 10.2. The highest BCUT2D eigenvalue weighted by Crippen LogP contribution is 2.16. The number of nitrogens with one attached hydrogen (secondary N) is 1. The Morgan fingerprint density at radius 3 is 2.55 bits per heavy atom. The number of nitrogens with zero attached hydrogens (tertiary/aromatic N) is 2. The Labute approximate surface area is 120 Å². The monoisotopic (exact) mass is 293 g/mol. The summed E-state index contributed by atoms with van der Waals surface area (Å²) in [6.45, 7) is 0. The molecule has 2 rings (SSSR count). The van der Waals surface area contributed by atoms with Gasteiger partial charge in [-0.05, 0) is 24.3 Å². The third kappa shape index (κ3) is 2.97. The minimum atomic E-state index is -0.614. The zero-order valence-electron chi connectivity index (χ0n) is 10.9. The lowest BCUT2D eigenvalue weighted by Gasteiger charge is -2.04. The average Bonchev–Trinajstić information content (AvgIpc) is 2.79. The smallest absolute Gasteiger partial charge is 0.360 e. The molecule has 7 heteroatoms. The van der Waals surface area contributed by atoms with Gasteiger partial charge in [0.15, 0.2) is 5.69 Å². The standard InChI is InChI=1S/C13H12ClN3O3/c1-17-7-10(11(16-17)13(19)20-2)15-12(18)8-3-5-9(14)6-4-8/h3-7H,1-2H3,(H,15,18). The molecule has 0 unspecified atom stereocenters. The molecule has 0 saturated heterocycles. The third-order valence-electron chi connectivity index (χ3n) is 2.56. The van der Waals surface area contributed by atoms with Crippen molar-refractivity contribution in [1.29, 1.82) is 0 Å². The van der Waals surface area contributed by atoms with E-state index in [0.717, 1.165) is 0 Å². The molecule has 20 heavy (non-hydrogen) atoms. The van der Waals surface area contributed by atoms with Crippen molar-refractivity contribution in [2.75, 3.05) is 12.4 Å². The molecule has 1 aromatic carbocycles. The predicted octanol–water partition coefficient (Wildman–Crippen LogP) is 2.11. The molecule has 0 aliphatic rings. The van der Waals surface area contributed by atoms with Gasteiger partial charge in [0.05, 0.1) is 12.8 Å². The van der Waals surface area contributed by atoms with Crippen molar-refractivity contribution in [2.24, 2.45) is 7.05 Å². The first-order chi connectivity index (χ1) is 9.51. The number of aromatic nitrogens is 2. The Bertz CT molecular complexity index is 649. The number of halogens is 1. The Kier molecular flexibility index (Phi) is 4.05. The molecule has 2 aromatic rings. The van der Waals surface area contributed by atoms with Crippen LogP contribution in [0.5, 0.6) is 0 Å². The molecule has 104 valence electrons. The minimum absolute atomic E-state index is 0.0531. The van der Waals surface area contributed by atoms with Crippen LogP contribution in [0.25, 0.3) is 0 Å². The van der Waals surface area contributed by atoms with Crippen LogP contribution in [0.1, 0.15) is 20.8 Å². The molecule has 0 bridgehead atoms. The quantitative estimate of drug-likeness (QED) is 0.880. The number of esters is 1. The van der Waals surface area contributed by atoms with Crippen LogP contribution in [0.15, 0.2) is 30.5 Å². The van der Waals surface area contributed by atoms with Crippen LogP contribution >= 0.6 is 11.6 Å². The van der Waals surface area contributed by atoms with Gasteiger partial charge >= 0.3 is 5.97 Å². The fourth-order valence-electron chi connectivity index (χ4n) is 1.62. The van der Waals surface area contributed by atoms with Crippen molar-refractivity contribution < 1.29 is 14.3 Å². The van der Waals surface area contributed by atoms with Gasteiger partial charge in [-0.2, -0.15) is 5.10 Å². The fourth-order valence-corrected chi connectivity index (χ4v) is 1.75. The van der Waals surface area contributed by atoms with Crippen molar-refractivity contribution in [2.45, 2.75) is 0 Å². The zero-order chi connectivity index (χ0) is 14.7. The SMILES string of the molecule is COC(=O)c1nn(C)cc1NC(=O)c1ccc(Cl)cc1. The number of hydrogen-bond acceptors (Lipinski definition) is 4. The summed E-state index contributed by atoms with van der Waals surface area (Å²) in [5.74, 6) is -0.975. The van der Waals surface area contributed by atoms with Gasteiger partial charge in [-0.3, -0.25) is 9.48 Å². The Morgan fingerprint density at radius 1 is 1.30 bits per heavy atom. The molecule has 1 N–H and O–H groups in total. The Morgan fingerprint density at radius 2 is 1.95 bits per heavy atom. The first kappa shape index (κ1) is 14.1. The van der Waals surface area contributed by atoms with E-state index >= 15 is 0 Å². The number of carbonyl (C=O) groups excluding carboxylic acids is 2. The number of aryl methyl sites for hydroxylation is 1. The molecule has 1 aromatic heterocycles. The van der Waals surface area contributed by atoms with Crippen LogP contribution in [0.4, 0.5) is 5.69 Å². The van der Waals surface area contributed by atoms with Crippen LogP contribution in [-0.4, -0.2) is 28.8 Å². The molecular weight excluding hydrogens is 282 g/mol. The van der Waals surface area contributed by atoms with E-state index in [1.807, 2.05) is 0 Å². The van der Waals surface area contributed by atoms with Crippen molar-refractivity contribution in [3.05, 3.63) is 46.7 Å². The van der Waals surface area contributed by atoms with Crippen LogP contribution in [0, 0.1) is 0 Å². The summed E-state index contributed by atoms with van der Waals surface area (Å²) < 4.78 is 6.03.